The van der Waals surface area contributed by atoms with Crippen LogP contribution in [-0.2, 0) is 23.7 Å². The number of aromatic carboxylic acids is 1. The largest absolute Gasteiger partial charge is 0.477 e. The number of nitro groups is 1. The molecule has 31 heavy (non-hydrogen) atoms. The molecule has 0 amide bonds. The molecular formula is C19H23NO9S2. The highest BCUT2D eigenvalue weighted by atomic mass is 33.1. The van der Waals surface area contributed by atoms with Crippen LogP contribution in [0.15, 0.2) is 23.1 Å². The van der Waals surface area contributed by atoms with Gasteiger partial charge in [0, 0.05) is 16.7 Å². The molecule has 3 fully saturated rings. The van der Waals surface area contributed by atoms with Gasteiger partial charge in [0.15, 0.2) is 17.9 Å². The Morgan fingerprint density at radius 3 is 2.42 bits per heavy atom. The normalized spacial score (nSPS) is 33.0. The van der Waals surface area contributed by atoms with Crippen LogP contribution in [0.2, 0.25) is 0 Å². The lowest BCUT2D eigenvalue weighted by Gasteiger charge is -2.37. The van der Waals surface area contributed by atoms with E-state index in [1.807, 2.05) is 27.7 Å². The Balaban J connectivity index is 1.44. The van der Waals surface area contributed by atoms with E-state index in [1.54, 1.807) is 0 Å². The molecule has 5 atom stereocenters. The number of benzene rings is 1. The Morgan fingerprint density at radius 2 is 1.74 bits per heavy atom. The molecular weight excluding hydrogens is 450 g/mol. The summed E-state index contributed by atoms with van der Waals surface area (Å²) < 4.78 is 30.1. The fourth-order valence-electron chi connectivity index (χ4n) is 3.89. The van der Waals surface area contributed by atoms with Gasteiger partial charge in [-0.2, -0.15) is 0 Å². The first-order valence-corrected chi connectivity index (χ1v) is 12.0. The standard InChI is InChI=1S/C19H23NO9S2/c1-18(2)26-13-12(25-17-15(14(13)27-18)28-19(3,4)29-17)8-30-31-9-5-6-11(20(23)24)10(7-9)16(21)22/h5-7,12-15,17H,8H2,1-4H3,(H,21,22)/t12?,13-,14?,15+,17?/m0/s1. The molecule has 1 aromatic carbocycles. The van der Waals surface area contributed by atoms with Gasteiger partial charge in [-0.1, -0.05) is 21.6 Å². The third kappa shape index (κ3) is 4.70. The van der Waals surface area contributed by atoms with Crippen molar-refractivity contribution < 1.29 is 38.5 Å². The van der Waals surface area contributed by atoms with Gasteiger partial charge in [0.2, 0.25) is 0 Å². The summed E-state index contributed by atoms with van der Waals surface area (Å²) >= 11 is 0. The summed E-state index contributed by atoms with van der Waals surface area (Å²) in [5, 5.41) is 20.3. The molecule has 0 radical (unpaired) electrons. The highest BCUT2D eigenvalue weighted by molar-refractivity contribution is 8.76. The third-order valence-corrected chi connectivity index (χ3v) is 7.40. The van der Waals surface area contributed by atoms with Crippen molar-refractivity contribution in [1.29, 1.82) is 0 Å². The van der Waals surface area contributed by atoms with Gasteiger partial charge < -0.3 is 28.8 Å². The van der Waals surface area contributed by atoms with Crippen molar-refractivity contribution in [3.05, 3.63) is 33.9 Å². The number of nitrogens with zero attached hydrogens (tertiary/aromatic N) is 1. The van der Waals surface area contributed by atoms with E-state index in [0.717, 1.165) is 0 Å². The molecule has 0 bridgehead atoms. The van der Waals surface area contributed by atoms with Crippen molar-refractivity contribution in [1.82, 2.24) is 0 Å². The summed E-state index contributed by atoms with van der Waals surface area (Å²) in [6.07, 6.45) is -2.02. The van der Waals surface area contributed by atoms with Crippen LogP contribution < -0.4 is 0 Å². The second-order valence-electron chi connectivity index (χ2n) is 8.32. The third-order valence-electron chi connectivity index (χ3n) is 5.03. The molecule has 12 heteroatoms. The summed E-state index contributed by atoms with van der Waals surface area (Å²) in [6.45, 7) is 7.31. The lowest BCUT2D eigenvalue weighted by molar-refractivity contribution is -0.385. The Bertz CT molecular complexity index is 893. The van der Waals surface area contributed by atoms with Gasteiger partial charge >= 0.3 is 5.97 Å². The van der Waals surface area contributed by atoms with Crippen LogP contribution in [0.3, 0.4) is 0 Å². The number of carboxylic acids is 1. The summed E-state index contributed by atoms with van der Waals surface area (Å²) in [5.74, 6) is -2.42. The maximum absolute atomic E-state index is 11.3. The number of rotatable bonds is 6. The molecule has 0 aromatic heterocycles. The predicted molar refractivity (Wildman–Crippen MR) is 111 cm³/mol. The minimum atomic E-state index is -1.34. The minimum absolute atomic E-state index is 0.343. The van der Waals surface area contributed by atoms with Gasteiger partial charge in [-0.3, -0.25) is 10.1 Å². The molecule has 1 N–H and O–H groups in total. The molecule has 4 rings (SSSR count). The van der Waals surface area contributed by atoms with Gasteiger partial charge in [-0.25, -0.2) is 4.79 Å². The molecule has 1 aromatic rings. The van der Waals surface area contributed by atoms with E-state index in [0.29, 0.717) is 10.6 Å². The zero-order valence-corrected chi connectivity index (χ0v) is 18.9. The number of hydrogen-bond donors (Lipinski definition) is 1. The van der Waals surface area contributed by atoms with Crippen molar-refractivity contribution in [2.24, 2.45) is 0 Å². The zero-order valence-electron chi connectivity index (χ0n) is 17.3. The van der Waals surface area contributed by atoms with Crippen LogP contribution in [0, 0.1) is 10.1 Å². The van der Waals surface area contributed by atoms with E-state index in [-0.39, 0.29) is 23.9 Å². The molecule has 0 spiro atoms. The molecule has 3 aliphatic rings. The summed E-state index contributed by atoms with van der Waals surface area (Å²) in [5.41, 5.74) is -0.786. The van der Waals surface area contributed by atoms with Crippen LogP contribution in [0.4, 0.5) is 5.69 Å². The topological polar surface area (TPSA) is 127 Å². The van der Waals surface area contributed by atoms with Crippen LogP contribution in [0.5, 0.6) is 0 Å². The average Bonchev–Trinajstić information content (AvgIpc) is 3.15. The number of carboxylic acid groups (broad SMARTS) is 1. The van der Waals surface area contributed by atoms with Gasteiger partial charge in [0.05, 0.1) is 11.0 Å². The van der Waals surface area contributed by atoms with E-state index in [4.69, 9.17) is 23.7 Å². The van der Waals surface area contributed by atoms with Crippen LogP contribution in [0.1, 0.15) is 38.1 Å². The van der Waals surface area contributed by atoms with Crippen LogP contribution in [0.25, 0.3) is 0 Å². The maximum atomic E-state index is 11.3. The first-order valence-electron chi connectivity index (χ1n) is 9.64. The Morgan fingerprint density at radius 1 is 1.10 bits per heavy atom. The molecule has 3 heterocycles. The smallest absolute Gasteiger partial charge is 0.342 e. The van der Waals surface area contributed by atoms with E-state index in [1.165, 1.54) is 39.8 Å². The Labute approximate surface area is 186 Å². The molecule has 10 nitrogen and oxygen atoms in total. The lowest BCUT2D eigenvalue weighted by Crippen LogP contribution is -2.55. The van der Waals surface area contributed by atoms with Crippen molar-refractivity contribution in [2.75, 3.05) is 5.75 Å². The first kappa shape index (κ1) is 22.8. The zero-order chi connectivity index (χ0) is 22.6. The van der Waals surface area contributed by atoms with E-state index in [2.05, 4.69) is 0 Å². The van der Waals surface area contributed by atoms with Gasteiger partial charge in [0.1, 0.15) is 23.9 Å². The number of nitro benzene ring substituents is 1. The molecule has 170 valence electrons. The Hall–Kier alpha value is -1.41. The van der Waals surface area contributed by atoms with E-state index < -0.39 is 40.5 Å². The monoisotopic (exact) mass is 473 g/mol. The summed E-state index contributed by atoms with van der Waals surface area (Å²) in [7, 11) is 2.74. The summed E-state index contributed by atoms with van der Waals surface area (Å²) in [4.78, 5) is 22.2. The second kappa shape index (κ2) is 8.18. The average molecular weight is 474 g/mol. The highest BCUT2D eigenvalue weighted by Gasteiger charge is 2.60. The van der Waals surface area contributed by atoms with Crippen LogP contribution >= 0.6 is 21.6 Å². The van der Waals surface area contributed by atoms with Crippen molar-refractivity contribution >= 4 is 33.2 Å². The van der Waals surface area contributed by atoms with Crippen molar-refractivity contribution in [3.63, 3.8) is 0 Å². The van der Waals surface area contributed by atoms with Gasteiger partial charge in [-0.05, 0) is 39.8 Å². The first-order chi connectivity index (χ1) is 14.5. The number of fused-ring (bicyclic) bond motifs is 3. The molecule has 3 unspecified atom stereocenters. The van der Waals surface area contributed by atoms with Gasteiger partial charge in [0.25, 0.3) is 5.69 Å². The quantitative estimate of drug-likeness (QED) is 0.371. The maximum Gasteiger partial charge on any atom is 0.342 e. The number of ether oxygens (including phenoxy) is 5. The minimum Gasteiger partial charge on any atom is -0.477 e. The second-order valence-corrected chi connectivity index (χ2v) is 10.7. The number of carbonyl (C=O) groups is 1. The fourth-order valence-corrected chi connectivity index (χ4v) is 6.12. The fraction of sp³-hybridized carbons (Fsp3) is 0.632. The number of hydrogen-bond acceptors (Lipinski definition) is 10. The van der Waals surface area contributed by atoms with E-state index >= 15 is 0 Å². The molecule has 3 saturated heterocycles. The van der Waals surface area contributed by atoms with Crippen molar-refractivity contribution in [2.45, 2.75) is 74.9 Å². The van der Waals surface area contributed by atoms with Gasteiger partial charge in [-0.15, -0.1) is 0 Å². The molecule has 0 aliphatic carbocycles. The summed E-state index contributed by atoms with van der Waals surface area (Å²) in [6, 6.07) is 4.03. The van der Waals surface area contributed by atoms with Crippen LogP contribution in [-0.4, -0.2) is 64.0 Å². The lowest BCUT2D eigenvalue weighted by atomic mass is 10.00. The SMILES string of the molecule is CC1(C)OC2[C@@H](O1)C(CSSc1ccc([N+](=O)[O-])c(C(=O)O)c1)OC1OC(C)(C)O[C@@H]12. The highest BCUT2D eigenvalue weighted by Crippen LogP contribution is 2.45. The Kier molecular flexibility index (Phi) is 6.01. The predicted octanol–water partition coefficient (Wildman–Crippen LogP) is 3.43. The van der Waals surface area contributed by atoms with E-state index in [9.17, 15) is 20.0 Å². The molecule has 3 aliphatic heterocycles. The molecule has 0 saturated carbocycles. The van der Waals surface area contributed by atoms with Crippen molar-refractivity contribution in [3.8, 4) is 0 Å².